The molecule has 3 aromatic rings. The number of carbonyl (C=O) groups excluding carboxylic acids is 1. The Balaban J connectivity index is 1.70. The minimum Gasteiger partial charge on any atom is -0.293 e. The van der Waals surface area contributed by atoms with Gasteiger partial charge in [0.2, 0.25) is 0 Å². The van der Waals surface area contributed by atoms with E-state index in [-0.39, 0.29) is 11.2 Å². The van der Waals surface area contributed by atoms with Crippen LogP contribution in [0, 0.1) is 0 Å². The highest BCUT2D eigenvalue weighted by molar-refractivity contribution is 7.99. The Kier molecular flexibility index (Phi) is 5.49. The van der Waals surface area contributed by atoms with Gasteiger partial charge in [-0.2, -0.15) is 0 Å². The summed E-state index contributed by atoms with van der Waals surface area (Å²) in [6, 6.07) is 15.3. The second-order valence-corrected chi connectivity index (χ2v) is 8.38. The Morgan fingerprint density at radius 2 is 1.88 bits per heavy atom. The summed E-state index contributed by atoms with van der Waals surface area (Å²) in [5.74, 6) is 0.366. The molecular formula is C20H20ClN3OS. The highest BCUT2D eigenvalue weighted by atomic mass is 35.5. The van der Waals surface area contributed by atoms with E-state index in [1.165, 1.54) is 17.3 Å². The Bertz CT molecular complexity index is 913. The fourth-order valence-corrected chi connectivity index (χ4v) is 3.50. The number of nitrogens with zero attached hydrogens (tertiary/aromatic N) is 3. The number of rotatable bonds is 5. The summed E-state index contributed by atoms with van der Waals surface area (Å²) in [6.45, 7) is 6.47. The quantitative estimate of drug-likeness (QED) is 0.447. The van der Waals surface area contributed by atoms with E-state index in [1.54, 1.807) is 6.33 Å². The third kappa shape index (κ3) is 4.34. The number of hydrogen-bond donors (Lipinski definition) is 0. The number of benzene rings is 2. The van der Waals surface area contributed by atoms with Crippen LogP contribution in [0.3, 0.4) is 0 Å². The predicted octanol–water partition coefficient (Wildman–Crippen LogP) is 5.19. The normalized spacial score (nSPS) is 11.5. The van der Waals surface area contributed by atoms with Crippen molar-refractivity contribution in [2.75, 3.05) is 5.75 Å². The van der Waals surface area contributed by atoms with Crippen LogP contribution in [-0.2, 0) is 5.41 Å². The van der Waals surface area contributed by atoms with E-state index in [9.17, 15) is 4.79 Å². The van der Waals surface area contributed by atoms with E-state index in [4.69, 9.17) is 11.6 Å². The van der Waals surface area contributed by atoms with Crippen LogP contribution in [0.4, 0.5) is 0 Å². The number of Topliss-reactive ketones (excluding diaryl/α,β-unsaturated/α-hetero) is 1. The smallest absolute Gasteiger partial charge is 0.196 e. The monoisotopic (exact) mass is 385 g/mol. The van der Waals surface area contributed by atoms with E-state index < -0.39 is 0 Å². The molecule has 0 bridgehead atoms. The van der Waals surface area contributed by atoms with Gasteiger partial charge in [-0.05, 0) is 29.2 Å². The summed E-state index contributed by atoms with van der Waals surface area (Å²) in [6.07, 6.45) is 1.62. The van der Waals surface area contributed by atoms with Gasteiger partial charge >= 0.3 is 0 Å². The molecule has 0 saturated heterocycles. The van der Waals surface area contributed by atoms with Crippen LogP contribution in [0.1, 0.15) is 36.7 Å². The summed E-state index contributed by atoms with van der Waals surface area (Å²) in [7, 11) is 0. The first-order valence-corrected chi connectivity index (χ1v) is 9.63. The van der Waals surface area contributed by atoms with E-state index in [2.05, 4.69) is 31.0 Å². The van der Waals surface area contributed by atoms with Gasteiger partial charge in [0.1, 0.15) is 6.33 Å². The molecule has 0 radical (unpaired) electrons. The fourth-order valence-electron chi connectivity index (χ4n) is 2.50. The highest BCUT2D eigenvalue weighted by Crippen LogP contribution is 2.24. The number of thioether (sulfide) groups is 1. The van der Waals surface area contributed by atoms with Crippen LogP contribution in [-0.4, -0.2) is 26.3 Å². The lowest BCUT2D eigenvalue weighted by Gasteiger charge is -2.18. The molecule has 0 saturated carbocycles. The van der Waals surface area contributed by atoms with Gasteiger partial charge in [-0.15, -0.1) is 10.2 Å². The van der Waals surface area contributed by atoms with E-state index in [0.29, 0.717) is 21.5 Å². The highest BCUT2D eigenvalue weighted by Gasteiger charge is 2.15. The first kappa shape index (κ1) is 18.7. The average molecular weight is 386 g/mol. The molecule has 0 fully saturated rings. The van der Waals surface area contributed by atoms with Crippen molar-refractivity contribution in [1.82, 2.24) is 14.8 Å². The molecule has 26 heavy (non-hydrogen) atoms. The summed E-state index contributed by atoms with van der Waals surface area (Å²) in [4.78, 5) is 12.5. The number of hydrogen-bond acceptors (Lipinski definition) is 4. The molecule has 134 valence electrons. The fraction of sp³-hybridized carbons (Fsp3) is 0.250. The molecule has 0 unspecified atom stereocenters. The first-order chi connectivity index (χ1) is 12.3. The summed E-state index contributed by atoms with van der Waals surface area (Å²) in [5, 5.41) is 9.37. The molecule has 0 aliphatic rings. The van der Waals surface area contributed by atoms with E-state index in [0.717, 1.165) is 5.69 Å². The van der Waals surface area contributed by atoms with Crippen LogP contribution in [0.2, 0.25) is 5.02 Å². The molecule has 0 aliphatic carbocycles. The molecule has 0 atom stereocenters. The standard InChI is InChI=1S/C20H20ClN3OS/c1-20(2,3)15-9-7-14(8-10-15)18(25)12-26-19-23-22-13-24(19)17-6-4-5-16(21)11-17/h4-11,13H,12H2,1-3H3. The molecule has 3 rings (SSSR count). The molecule has 6 heteroatoms. The van der Waals surface area contributed by atoms with Crippen molar-refractivity contribution in [2.45, 2.75) is 31.3 Å². The zero-order valence-electron chi connectivity index (χ0n) is 14.9. The Morgan fingerprint density at radius 3 is 2.54 bits per heavy atom. The van der Waals surface area contributed by atoms with Crippen LogP contribution < -0.4 is 0 Å². The predicted molar refractivity (Wildman–Crippen MR) is 107 cm³/mol. The van der Waals surface area contributed by atoms with Crippen molar-refractivity contribution in [2.24, 2.45) is 0 Å². The zero-order valence-corrected chi connectivity index (χ0v) is 16.5. The van der Waals surface area contributed by atoms with Crippen molar-refractivity contribution in [3.63, 3.8) is 0 Å². The molecule has 1 heterocycles. The minimum absolute atomic E-state index is 0.0658. The lowest BCUT2D eigenvalue weighted by Crippen LogP contribution is -2.11. The summed E-state index contributed by atoms with van der Waals surface area (Å²) >= 11 is 7.42. The lowest BCUT2D eigenvalue weighted by molar-refractivity contribution is 0.102. The zero-order chi connectivity index (χ0) is 18.7. The van der Waals surface area contributed by atoms with Gasteiger partial charge in [0.05, 0.1) is 11.4 Å². The third-order valence-electron chi connectivity index (χ3n) is 4.01. The topological polar surface area (TPSA) is 47.8 Å². The average Bonchev–Trinajstić information content (AvgIpc) is 3.07. The number of ketones is 1. The van der Waals surface area contributed by atoms with Crippen LogP contribution >= 0.6 is 23.4 Å². The lowest BCUT2D eigenvalue weighted by atomic mass is 9.86. The third-order valence-corrected chi connectivity index (χ3v) is 5.19. The van der Waals surface area contributed by atoms with E-state index >= 15 is 0 Å². The van der Waals surface area contributed by atoms with E-state index in [1.807, 2.05) is 53.1 Å². The van der Waals surface area contributed by atoms with Crippen molar-refractivity contribution in [3.05, 3.63) is 71.0 Å². The molecule has 0 spiro atoms. The first-order valence-electron chi connectivity index (χ1n) is 8.27. The molecule has 2 aromatic carbocycles. The summed E-state index contributed by atoms with van der Waals surface area (Å²) < 4.78 is 1.83. The van der Waals surface area contributed by atoms with Crippen molar-refractivity contribution < 1.29 is 4.79 Å². The van der Waals surface area contributed by atoms with Crippen molar-refractivity contribution >= 4 is 29.1 Å². The molecular weight excluding hydrogens is 366 g/mol. The van der Waals surface area contributed by atoms with Gasteiger partial charge in [-0.25, -0.2) is 0 Å². The number of aromatic nitrogens is 3. The summed E-state index contributed by atoms with van der Waals surface area (Å²) in [5.41, 5.74) is 2.86. The maximum absolute atomic E-state index is 12.5. The maximum Gasteiger partial charge on any atom is 0.196 e. The largest absolute Gasteiger partial charge is 0.293 e. The van der Waals surface area contributed by atoms with Crippen LogP contribution in [0.25, 0.3) is 5.69 Å². The number of carbonyl (C=O) groups is 1. The second kappa shape index (κ2) is 7.64. The Labute approximate surface area is 162 Å². The van der Waals surface area contributed by atoms with Gasteiger partial charge in [0.15, 0.2) is 10.9 Å². The Morgan fingerprint density at radius 1 is 1.15 bits per heavy atom. The maximum atomic E-state index is 12.5. The molecule has 0 N–H and O–H groups in total. The van der Waals surface area contributed by atoms with Crippen molar-refractivity contribution in [3.8, 4) is 5.69 Å². The van der Waals surface area contributed by atoms with Crippen LogP contribution in [0.15, 0.2) is 60.0 Å². The molecule has 0 amide bonds. The molecule has 4 nitrogen and oxygen atoms in total. The Hall–Kier alpha value is -2.11. The van der Waals surface area contributed by atoms with Gasteiger partial charge in [-0.1, -0.05) is 74.5 Å². The van der Waals surface area contributed by atoms with Crippen LogP contribution in [0.5, 0.6) is 0 Å². The second-order valence-electron chi connectivity index (χ2n) is 7.00. The van der Waals surface area contributed by atoms with Gasteiger partial charge in [0, 0.05) is 10.6 Å². The molecule has 1 aromatic heterocycles. The molecule has 0 aliphatic heterocycles. The SMILES string of the molecule is CC(C)(C)c1ccc(C(=O)CSc2nncn2-c2cccc(Cl)c2)cc1. The van der Waals surface area contributed by atoms with Crippen molar-refractivity contribution in [1.29, 1.82) is 0 Å². The van der Waals surface area contributed by atoms with Gasteiger partial charge in [0.25, 0.3) is 0 Å². The minimum atomic E-state index is 0.0658. The van der Waals surface area contributed by atoms with Gasteiger partial charge < -0.3 is 0 Å². The van der Waals surface area contributed by atoms with Gasteiger partial charge in [-0.3, -0.25) is 9.36 Å². The number of halogens is 1.